The summed E-state index contributed by atoms with van der Waals surface area (Å²) in [5.74, 6) is -0.271. The topological polar surface area (TPSA) is 55.8 Å². The molecule has 1 fully saturated rings. The Hall–Kier alpha value is -1.26. The first-order chi connectivity index (χ1) is 12.7. The fourth-order valence-electron chi connectivity index (χ4n) is 3.36. The number of hydrogen-bond donors (Lipinski definition) is 0. The molecule has 0 bridgehead atoms. The summed E-state index contributed by atoms with van der Waals surface area (Å²) < 4.78 is 10.5. The predicted octanol–water partition coefficient (Wildman–Crippen LogP) is 5.46. The largest absolute Gasteiger partial charge is 0.464 e. The highest BCUT2D eigenvalue weighted by Gasteiger charge is 2.36. The monoisotopic (exact) mass is 369 g/mol. The average Bonchev–Trinajstić information content (AvgIpc) is 3.14. The molecule has 1 aliphatic rings. The van der Waals surface area contributed by atoms with Gasteiger partial charge in [-0.25, -0.2) is 9.59 Å². The van der Waals surface area contributed by atoms with Crippen LogP contribution in [0, 0.1) is 0 Å². The first-order valence-electron chi connectivity index (χ1n) is 10.8. The zero-order valence-corrected chi connectivity index (χ0v) is 17.0. The fraction of sp³-hybridized carbons (Fsp3) is 0.905. The van der Waals surface area contributed by atoms with Gasteiger partial charge >= 0.3 is 12.1 Å². The van der Waals surface area contributed by atoms with E-state index in [9.17, 15) is 9.59 Å². The van der Waals surface area contributed by atoms with Crippen LogP contribution in [0.5, 0.6) is 0 Å². The van der Waals surface area contributed by atoms with Crippen LogP contribution in [-0.2, 0) is 14.3 Å². The molecule has 0 aromatic carbocycles. The molecule has 0 radical (unpaired) electrons. The average molecular weight is 370 g/mol. The summed E-state index contributed by atoms with van der Waals surface area (Å²) in [4.78, 5) is 25.7. The minimum atomic E-state index is -0.456. The number of rotatable bonds is 14. The van der Waals surface area contributed by atoms with E-state index in [0.29, 0.717) is 26.2 Å². The first kappa shape index (κ1) is 22.8. The van der Waals surface area contributed by atoms with Crippen LogP contribution in [0.25, 0.3) is 0 Å². The van der Waals surface area contributed by atoms with Crippen LogP contribution in [0.4, 0.5) is 4.79 Å². The standard InChI is InChI=1S/C21H39NO4/c1-3-5-6-7-8-9-10-11-12-13-18-25-20(23)19-15-14-16-22(19)21(24)26-17-4-2/h19H,3-18H2,1-2H3/t19-/m0/s1. The van der Waals surface area contributed by atoms with Crippen molar-refractivity contribution in [1.82, 2.24) is 4.90 Å². The van der Waals surface area contributed by atoms with E-state index in [4.69, 9.17) is 9.47 Å². The van der Waals surface area contributed by atoms with Gasteiger partial charge in [0.2, 0.25) is 0 Å². The second kappa shape index (κ2) is 14.9. The molecule has 0 aromatic heterocycles. The zero-order chi connectivity index (χ0) is 19.0. The molecule has 1 heterocycles. The van der Waals surface area contributed by atoms with Gasteiger partial charge in [0.15, 0.2) is 0 Å². The maximum Gasteiger partial charge on any atom is 0.410 e. The summed E-state index contributed by atoms with van der Waals surface area (Å²) in [6, 6.07) is -0.456. The van der Waals surface area contributed by atoms with E-state index in [1.54, 1.807) is 0 Å². The molecule has 1 atom stereocenters. The summed E-state index contributed by atoms with van der Waals surface area (Å²) in [6.45, 7) is 5.64. The summed E-state index contributed by atoms with van der Waals surface area (Å²) in [5.41, 5.74) is 0. The molecule has 0 aliphatic carbocycles. The van der Waals surface area contributed by atoms with E-state index in [1.165, 1.54) is 56.3 Å². The Morgan fingerprint density at radius 1 is 0.808 bits per heavy atom. The van der Waals surface area contributed by atoms with Crippen molar-refractivity contribution < 1.29 is 19.1 Å². The lowest BCUT2D eigenvalue weighted by Gasteiger charge is -2.22. The Bertz CT molecular complexity index is 386. The molecule has 0 aromatic rings. The smallest absolute Gasteiger partial charge is 0.410 e. The zero-order valence-electron chi connectivity index (χ0n) is 17.0. The van der Waals surface area contributed by atoms with Crippen molar-refractivity contribution in [3.63, 3.8) is 0 Å². The number of esters is 1. The van der Waals surface area contributed by atoms with Crippen molar-refractivity contribution in [2.75, 3.05) is 19.8 Å². The fourth-order valence-corrected chi connectivity index (χ4v) is 3.36. The van der Waals surface area contributed by atoms with Gasteiger partial charge < -0.3 is 9.47 Å². The van der Waals surface area contributed by atoms with Crippen molar-refractivity contribution in [3.8, 4) is 0 Å². The van der Waals surface area contributed by atoms with Gasteiger partial charge in [-0.2, -0.15) is 0 Å². The Balaban J connectivity index is 2.04. The maximum atomic E-state index is 12.2. The third kappa shape index (κ3) is 9.44. The normalized spacial score (nSPS) is 16.7. The second-order valence-electron chi connectivity index (χ2n) is 7.32. The first-order valence-corrected chi connectivity index (χ1v) is 10.8. The number of carbonyl (C=O) groups excluding carboxylic acids is 2. The third-order valence-electron chi connectivity index (χ3n) is 4.93. The summed E-state index contributed by atoms with van der Waals surface area (Å²) >= 11 is 0. The number of likely N-dealkylation sites (tertiary alicyclic amines) is 1. The van der Waals surface area contributed by atoms with Crippen molar-refractivity contribution in [2.45, 2.75) is 103 Å². The van der Waals surface area contributed by atoms with Crippen LogP contribution in [0.15, 0.2) is 0 Å². The number of nitrogens with zero attached hydrogens (tertiary/aromatic N) is 1. The highest BCUT2D eigenvalue weighted by molar-refractivity contribution is 5.82. The molecule has 1 aliphatic heterocycles. The van der Waals surface area contributed by atoms with Gasteiger partial charge in [-0.15, -0.1) is 0 Å². The van der Waals surface area contributed by atoms with Gasteiger partial charge in [-0.3, -0.25) is 4.90 Å². The van der Waals surface area contributed by atoms with E-state index in [-0.39, 0.29) is 12.1 Å². The Morgan fingerprint density at radius 2 is 1.42 bits per heavy atom. The van der Waals surface area contributed by atoms with Crippen molar-refractivity contribution >= 4 is 12.1 Å². The Labute approximate surface area is 159 Å². The minimum Gasteiger partial charge on any atom is -0.464 e. The molecule has 1 rings (SSSR count). The van der Waals surface area contributed by atoms with Crippen molar-refractivity contribution in [3.05, 3.63) is 0 Å². The van der Waals surface area contributed by atoms with Crippen LogP contribution in [0.1, 0.15) is 97.3 Å². The Morgan fingerprint density at radius 3 is 2.04 bits per heavy atom. The molecule has 1 amide bonds. The molecule has 5 nitrogen and oxygen atoms in total. The lowest BCUT2D eigenvalue weighted by molar-refractivity contribution is -0.148. The van der Waals surface area contributed by atoms with Gasteiger partial charge in [-0.05, 0) is 25.7 Å². The molecular formula is C21H39NO4. The summed E-state index contributed by atoms with van der Waals surface area (Å²) in [6.07, 6.45) is 14.5. The number of unbranched alkanes of at least 4 members (excludes halogenated alkanes) is 9. The van der Waals surface area contributed by atoms with E-state index in [0.717, 1.165) is 25.7 Å². The van der Waals surface area contributed by atoms with Crippen LogP contribution >= 0.6 is 0 Å². The molecule has 26 heavy (non-hydrogen) atoms. The van der Waals surface area contributed by atoms with Gasteiger partial charge in [0.1, 0.15) is 6.04 Å². The number of carbonyl (C=O) groups is 2. The number of amides is 1. The van der Waals surface area contributed by atoms with Crippen LogP contribution < -0.4 is 0 Å². The van der Waals surface area contributed by atoms with E-state index < -0.39 is 6.04 Å². The van der Waals surface area contributed by atoms with Gasteiger partial charge in [-0.1, -0.05) is 71.6 Å². The number of hydrogen-bond acceptors (Lipinski definition) is 4. The van der Waals surface area contributed by atoms with Gasteiger partial charge in [0, 0.05) is 6.54 Å². The molecule has 5 heteroatoms. The second-order valence-corrected chi connectivity index (χ2v) is 7.32. The molecule has 0 N–H and O–H groups in total. The van der Waals surface area contributed by atoms with Crippen molar-refractivity contribution in [2.24, 2.45) is 0 Å². The summed E-state index contributed by atoms with van der Waals surface area (Å²) in [7, 11) is 0. The minimum absolute atomic E-state index is 0.271. The lowest BCUT2D eigenvalue weighted by Crippen LogP contribution is -2.41. The highest BCUT2D eigenvalue weighted by atomic mass is 16.6. The molecule has 0 saturated carbocycles. The van der Waals surface area contributed by atoms with E-state index >= 15 is 0 Å². The lowest BCUT2D eigenvalue weighted by atomic mass is 10.1. The molecular weight excluding hydrogens is 330 g/mol. The van der Waals surface area contributed by atoms with Gasteiger partial charge in [0.05, 0.1) is 13.2 Å². The van der Waals surface area contributed by atoms with Crippen LogP contribution in [0.2, 0.25) is 0 Å². The molecule has 1 saturated heterocycles. The summed E-state index contributed by atoms with van der Waals surface area (Å²) in [5, 5.41) is 0. The third-order valence-corrected chi connectivity index (χ3v) is 4.93. The van der Waals surface area contributed by atoms with Gasteiger partial charge in [0.25, 0.3) is 0 Å². The van der Waals surface area contributed by atoms with Crippen LogP contribution in [-0.4, -0.2) is 42.8 Å². The molecule has 0 unspecified atom stereocenters. The Kier molecular flexibility index (Phi) is 13.0. The predicted molar refractivity (Wildman–Crippen MR) is 104 cm³/mol. The SMILES string of the molecule is CCCCCCCCCCCCOC(=O)[C@@H]1CCCN1C(=O)OCCC. The molecule has 0 spiro atoms. The van der Waals surface area contributed by atoms with Crippen LogP contribution in [0.3, 0.4) is 0 Å². The van der Waals surface area contributed by atoms with Crippen molar-refractivity contribution in [1.29, 1.82) is 0 Å². The van der Waals surface area contributed by atoms with E-state index in [1.807, 2.05) is 6.92 Å². The quantitative estimate of drug-likeness (QED) is 0.301. The van der Waals surface area contributed by atoms with E-state index in [2.05, 4.69) is 6.92 Å². The highest BCUT2D eigenvalue weighted by Crippen LogP contribution is 2.20. The maximum absolute atomic E-state index is 12.2. The molecule has 152 valence electrons. The number of ether oxygens (including phenoxy) is 2.